The summed E-state index contributed by atoms with van der Waals surface area (Å²) in [5, 5.41) is 12.3. The van der Waals surface area contributed by atoms with Crippen molar-refractivity contribution in [2.24, 2.45) is 5.10 Å². The highest BCUT2D eigenvalue weighted by Gasteiger charge is 2.07. The monoisotopic (exact) mass is 411 g/mol. The van der Waals surface area contributed by atoms with E-state index in [1.807, 2.05) is 55.5 Å². The maximum absolute atomic E-state index is 11.8. The van der Waals surface area contributed by atoms with Crippen molar-refractivity contribution >= 4 is 28.6 Å². The van der Waals surface area contributed by atoms with E-state index < -0.39 is 0 Å². The fraction of sp³-hybridized carbons (Fsp3) is 0.200. The Hall–Kier alpha value is -3.46. The first-order chi connectivity index (χ1) is 14.1. The topological polar surface area (TPSA) is 112 Å². The second kappa shape index (κ2) is 10.2. The van der Waals surface area contributed by atoms with Gasteiger partial charge < -0.3 is 15.2 Å². The molecular formula is C20H21N5O3S. The van der Waals surface area contributed by atoms with Crippen LogP contribution >= 0.6 is 11.3 Å². The van der Waals surface area contributed by atoms with Gasteiger partial charge in [0.25, 0.3) is 0 Å². The van der Waals surface area contributed by atoms with Crippen LogP contribution in [0.1, 0.15) is 16.1 Å². The summed E-state index contributed by atoms with van der Waals surface area (Å²) in [7, 11) is 0. The lowest BCUT2D eigenvalue weighted by atomic mass is 10.2. The number of benzene rings is 2. The molecule has 0 bridgehead atoms. The van der Waals surface area contributed by atoms with Crippen LogP contribution in [-0.4, -0.2) is 35.5 Å². The van der Waals surface area contributed by atoms with E-state index in [9.17, 15) is 4.79 Å². The highest BCUT2D eigenvalue weighted by atomic mass is 32.1. The normalized spacial score (nSPS) is 10.8. The smallest absolute Gasteiger partial charge is 0.247 e. The number of nitrogens with one attached hydrogen (secondary N) is 1. The molecule has 1 heterocycles. The van der Waals surface area contributed by atoms with Gasteiger partial charge in [-0.25, -0.2) is 5.43 Å². The van der Waals surface area contributed by atoms with Crippen LogP contribution in [0.3, 0.4) is 0 Å². The molecule has 3 N–H and O–H groups in total. The number of nitrogen functional groups attached to an aromatic ring is 1. The fourth-order valence-electron chi connectivity index (χ4n) is 2.33. The number of aromatic nitrogens is 2. The lowest BCUT2D eigenvalue weighted by Gasteiger charge is -2.09. The Morgan fingerprint density at radius 2 is 1.90 bits per heavy atom. The van der Waals surface area contributed by atoms with Crippen molar-refractivity contribution in [1.29, 1.82) is 0 Å². The quantitative estimate of drug-likeness (QED) is 0.318. The summed E-state index contributed by atoms with van der Waals surface area (Å²) in [6.07, 6.45) is 1.62. The zero-order valence-corrected chi connectivity index (χ0v) is 16.7. The highest BCUT2D eigenvalue weighted by molar-refractivity contribution is 7.15. The van der Waals surface area contributed by atoms with Crippen molar-refractivity contribution in [3.8, 4) is 11.5 Å². The second-order valence-electron chi connectivity index (χ2n) is 6.09. The number of nitrogens with zero attached hydrogens (tertiary/aromatic N) is 3. The molecule has 9 heteroatoms. The first-order valence-electron chi connectivity index (χ1n) is 8.90. The third kappa shape index (κ3) is 6.89. The molecule has 0 aliphatic heterocycles. The minimum Gasteiger partial charge on any atom is -0.490 e. The van der Waals surface area contributed by atoms with Gasteiger partial charge in [-0.15, -0.1) is 10.2 Å². The van der Waals surface area contributed by atoms with Crippen LogP contribution in [0.2, 0.25) is 0 Å². The van der Waals surface area contributed by atoms with Crippen LogP contribution in [0, 0.1) is 6.92 Å². The van der Waals surface area contributed by atoms with E-state index in [1.165, 1.54) is 16.9 Å². The molecule has 0 saturated heterocycles. The van der Waals surface area contributed by atoms with E-state index in [1.54, 1.807) is 6.21 Å². The van der Waals surface area contributed by atoms with Crippen molar-refractivity contribution in [3.05, 3.63) is 64.7 Å². The van der Waals surface area contributed by atoms with Gasteiger partial charge in [0.1, 0.15) is 29.7 Å². The number of carbonyl (C=O) groups is 1. The number of carbonyl (C=O) groups excluding carboxylic acids is 1. The lowest BCUT2D eigenvalue weighted by molar-refractivity contribution is -0.120. The van der Waals surface area contributed by atoms with Crippen molar-refractivity contribution in [1.82, 2.24) is 15.6 Å². The van der Waals surface area contributed by atoms with Crippen LogP contribution in [0.5, 0.6) is 11.5 Å². The van der Waals surface area contributed by atoms with Crippen molar-refractivity contribution < 1.29 is 14.3 Å². The highest BCUT2D eigenvalue weighted by Crippen LogP contribution is 2.14. The summed E-state index contributed by atoms with van der Waals surface area (Å²) in [6.45, 7) is 2.88. The Kier molecular flexibility index (Phi) is 7.12. The molecule has 0 unspecified atom stereocenters. The number of anilines is 1. The Morgan fingerprint density at radius 1 is 1.14 bits per heavy atom. The van der Waals surface area contributed by atoms with Gasteiger partial charge in [-0.3, -0.25) is 4.79 Å². The lowest BCUT2D eigenvalue weighted by Crippen LogP contribution is -2.19. The van der Waals surface area contributed by atoms with Crippen LogP contribution in [0.4, 0.5) is 5.13 Å². The molecule has 8 nitrogen and oxygen atoms in total. The van der Waals surface area contributed by atoms with Gasteiger partial charge in [0.2, 0.25) is 11.0 Å². The molecule has 0 spiro atoms. The number of hydrogen-bond acceptors (Lipinski definition) is 8. The van der Waals surface area contributed by atoms with Gasteiger partial charge in [-0.2, -0.15) is 5.10 Å². The minimum absolute atomic E-state index is 0.0797. The molecule has 0 radical (unpaired) electrons. The summed E-state index contributed by atoms with van der Waals surface area (Å²) in [5.74, 6) is 1.21. The molecule has 3 rings (SSSR count). The van der Waals surface area contributed by atoms with E-state index in [-0.39, 0.29) is 12.3 Å². The van der Waals surface area contributed by atoms with Gasteiger partial charge in [-0.05, 0) is 36.8 Å². The Balaban J connectivity index is 1.41. The molecular weight excluding hydrogens is 390 g/mol. The number of rotatable bonds is 9. The van der Waals surface area contributed by atoms with Gasteiger partial charge in [0.05, 0.1) is 12.6 Å². The molecule has 2 aromatic carbocycles. The zero-order chi connectivity index (χ0) is 20.5. The molecule has 1 amide bonds. The molecule has 150 valence electrons. The molecule has 0 aliphatic carbocycles. The van der Waals surface area contributed by atoms with Gasteiger partial charge >= 0.3 is 0 Å². The standard InChI is InChI=1S/C20H21N5O3S/c1-14-5-7-16(8-6-14)27-9-10-28-17-4-2-3-15(11-17)13-22-23-18(26)12-19-24-25-20(21)29-19/h2-8,11,13H,9-10,12H2,1H3,(H2,21,25)(H,23,26). The molecule has 0 saturated carbocycles. The number of hydrazone groups is 1. The first kappa shape index (κ1) is 20.3. The summed E-state index contributed by atoms with van der Waals surface area (Å²) < 4.78 is 11.3. The molecule has 29 heavy (non-hydrogen) atoms. The molecule has 0 aliphatic rings. The summed E-state index contributed by atoms with van der Waals surface area (Å²) in [5.41, 5.74) is 9.92. The maximum atomic E-state index is 11.8. The average Bonchev–Trinajstić information content (AvgIpc) is 3.11. The van der Waals surface area contributed by atoms with Crippen molar-refractivity contribution in [2.45, 2.75) is 13.3 Å². The molecule has 3 aromatic rings. The van der Waals surface area contributed by atoms with Crippen LogP contribution in [-0.2, 0) is 11.2 Å². The van der Waals surface area contributed by atoms with E-state index in [0.717, 1.165) is 11.3 Å². The van der Waals surface area contributed by atoms with Crippen molar-refractivity contribution in [3.63, 3.8) is 0 Å². The maximum Gasteiger partial charge on any atom is 0.247 e. The Labute approximate surface area is 172 Å². The van der Waals surface area contributed by atoms with E-state index >= 15 is 0 Å². The predicted octanol–water partition coefficient (Wildman–Crippen LogP) is 2.58. The third-order valence-corrected chi connectivity index (χ3v) is 4.45. The minimum atomic E-state index is -0.293. The number of ether oxygens (including phenoxy) is 2. The van der Waals surface area contributed by atoms with Crippen LogP contribution < -0.4 is 20.6 Å². The number of amides is 1. The van der Waals surface area contributed by atoms with Crippen LogP contribution in [0.15, 0.2) is 53.6 Å². The van der Waals surface area contributed by atoms with Gasteiger partial charge in [0.15, 0.2) is 0 Å². The zero-order valence-electron chi connectivity index (χ0n) is 15.9. The fourth-order valence-corrected chi connectivity index (χ4v) is 2.94. The number of hydrogen-bond donors (Lipinski definition) is 2. The summed E-state index contributed by atoms with van der Waals surface area (Å²) >= 11 is 1.17. The van der Waals surface area contributed by atoms with Crippen molar-refractivity contribution in [2.75, 3.05) is 18.9 Å². The molecule has 0 fully saturated rings. The Bertz CT molecular complexity index is 972. The Morgan fingerprint density at radius 3 is 2.62 bits per heavy atom. The van der Waals surface area contributed by atoms with E-state index in [0.29, 0.717) is 29.1 Å². The summed E-state index contributed by atoms with van der Waals surface area (Å²) in [4.78, 5) is 11.8. The SMILES string of the molecule is Cc1ccc(OCCOc2cccc(C=NNC(=O)Cc3nnc(N)s3)c2)cc1. The predicted molar refractivity (Wildman–Crippen MR) is 112 cm³/mol. The van der Waals surface area contributed by atoms with Gasteiger partial charge in [0, 0.05) is 0 Å². The first-order valence-corrected chi connectivity index (χ1v) is 9.72. The largest absolute Gasteiger partial charge is 0.490 e. The van der Waals surface area contributed by atoms with E-state index in [2.05, 4.69) is 20.7 Å². The van der Waals surface area contributed by atoms with Gasteiger partial charge in [-0.1, -0.05) is 41.2 Å². The third-order valence-electron chi connectivity index (χ3n) is 3.70. The number of nitrogens with two attached hydrogens (primary N) is 1. The number of aryl methyl sites for hydroxylation is 1. The molecule has 1 aromatic heterocycles. The van der Waals surface area contributed by atoms with Crippen LogP contribution in [0.25, 0.3) is 0 Å². The second-order valence-corrected chi connectivity index (χ2v) is 7.18. The molecule has 0 atom stereocenters. The van der Waals surface area contributed by atoms with E-state index in [4.69, 9.17) is 15.2 Å². The summed E-state index contributed by atoms with van der Waals surface area (Å²) in [6, 6.07) is 15.2. The average molecular weight is 411 g/mol.